The van der Waals surface area contributed by atoms with Gasteiger partial charge in [-0.25, -0.2) is 19.7 Å². The average Bonchev–Trinajstić information content (AvgIpc) is 3.77. The Balaban J connectivity index is 1.18. The molecule has 5 heterocycles. The van der Waals surface area contributed by atoms with Crippen molar-refractivity contribution in [3.8, 4) is 5.88 Å². The third-order valence-electron chi connectivity index (χ3n) is 8.87. The molecule has 2 aliphatic carbocycles. The second kappa shape index (κ2) is 8.36. The first-order chi connectivity index (χ1) is 18.9. The summed E-state index contributed by atoms with van der Waals surface area (Å²) in [6, 6.07) is 5.49. The fourth-order valence-corrected chi connectivity index (χ4v) is 6.05. The Morgan fingerprint density at radius 3 is 2.55 bits per heavy atom. The largest absolute Gasteiger partial charge is 0.470 e. The second-order valence-corrected chi connectivity index (χ2v) is 12.8. The number of nitrogens with zero attached hydrogens (tertiary/aromatic N) is 4. The normalized spacial score (nSPS) is 21.0. The topological polar surface area (TPSA) is 133 Å². The molecule has 3 fully saturated rings. The van der Waals surface area contributed by atoms with E-state index in [9.17, 15) is 9.59 Å². The molecular weight excluding hydrogens is 508 g/mol. The van der Waals surface area contributed by atoms with E-state index in [1.165, 1.54) is 0 Å². The number of likely N-dealkylation sites (tertiary alicyclic amines) is 1. The smallest absolute Gasteiger partial charge is 0.340 e. The average molecular weight is 543 g/mol. The lowest BCUT2D eigenvalue weighted by atomic mass is 9.80. The zero-order chi connectivity index (χ0) is 28.0. The number of esters is 1. The maximum Gasteiger partial charge on any atom is 0.340 e. The van der Waals surface area contributed by atoms with E-state index < -0.39 is 11.1 Å². The Morgan fingerprint density at radius 1 is 1.12 bits per heavy atom. The quantitative estimate of drug-likeness (QED) is 0.444. The first kappa shape index (κ1) is 25.2. The van der Waals surface area contributed by atoms with Crippen molar-refractivity contribution in [1.82, 2.24) is 19.9 Å². The van der Waals surface area contributed by atoms with Gasteiger partial charge >= 0.3 is 5.97 Å². The number of nitrogens with two attached hydrogens (primary N) is 1. The van der Waals surface area contributed by atoms with Crippen LogP contribution in [0, 0.1) is 5.92 Å². The van der Waals surface area contributed by atoms with Crippen molar-refractivity contribution >= 4 is 34.3 Å². The van der Waals surface area contributed by atoms with Crippen LogP contribution in [0.5, 0.6) is 5.88 Å². The minimum absolute atomic E-state index is 0.0988. The monoisotopic (exact) mass is 542 g/mol. The number of anilines is 2. The molecule has 2 saturated carbocycles. The predicted molar refractivity (Wildman–Crippen MR) is 148 cm³/mol. The zero-order valence-corrected chi connectivity index (χ0v) is 23.3. The Labute approximate surface area is 232 Å². The van der Waals surface area contributed by atoms with E-state index in [2.05, 4.69) is 15.3 Å². The maximum atomic E-state index is 12.6. The van der Waals surface area contributed by atoms with Crippen molar-refractivity contribution in [2.45, 2.75) is 76.0 Å². The molecule has 2 aliphatic heterocycles. The fourth-order valence-electron chi connectivity index (χ4n) is 6.05. The summed E-state index contributed by atoms with van der Waals surface area (Å²) in [6.07, 6.45) is 7.26. The van der Waals surface area contributed by atoms with E-state index in [0.29, 0.717) is 36.2 Å². The molecule has 0 aromatic carbocycles. The van der Waals surface area contributed by atoms with E-state index in [1.807, 2.05) is 38.7 Å². The number of nitrogens with one attached hydrogen (secondary N) is 1. The van der Waals surface area contributed by atoms with Crippen LogP contribution >= 0.6 is 0 Å². The highest BCUT2D eigenvalue weighted by Crippen LogP contribution is 2.59. The molecule has 1 spiro atoms. The molecule has 3 aromatic rings. The van der Waals surface area contributed by atoms with Crippen LogP contribution in [0.2, 0.25) is 0 Å². The van der Waals surface area contributed by atoms with Crippen molar-refractivity contribution in [2.75, 3.05) is 18.4 Å². The summed E-state index contributed by atoms with van der Waals surface area (Å²) >= 11 is 0. The number of pyridine rings is 3. The lowest BCUT2D eigenvalue weighted by Gasteiger charge is -2.39. The highest BCUT2D eigenvalue weighted by molar-refractivity contribution is 5.94. The summed E-state index contributed by atoms with van der Waals surface area (Å²) < 4.78 is 12.0. The number of hydrogen-bond acceptors (Lipinski definition) is 9. The van der Waals surface area contributed by atoms with E-state index in [1.54, 1.807) is 24.5 Å². The van der Waals surface area contributed by atoms with Gasteiger partial charge in [0.15, 0.2) is 0 Å². The molecule has 1 saturated heterocycles. The van der Waals surface area contributed by atoms with Crippen LogP contribution in [0.3, 0.4) is 0 Å². The van der Waals surface area contributed by atoms with E-state index in [0.717, 1.165) is 47.7 Å². The number of rotatable bonds is 6. The van der Waals surface area contributed by atoms with Gasteiger partial charge in [0.2, 0.25) is 11.8 Å². The molecule has 208 valence electrons. The molecule has 10 nitrogen and oxygen atoms in total. The Kier molecular flexibility index (Phi) is 5.27. The standard InChI is InChI=1S/C30H34N6O4/c1-28(2,31)21-13-33-25(39-17-14-36(15-17)26(37)16-5-6-16)20-12-32-23(11-19(20)21)34-22-8-7-18-24(35-22)30(9-10-30)29(3,4)40-27(18)38/h7-8,11-13,16-17H,5-6,9-10,14-15,31H2,1-4H3,(H,32,34,35). The number of hydrogen-bond donors (Lipinski definition) is 2. The molecule has 4 aliphatic rings. The van der Waals surface area contributed by atoms with Gasteiger partial charge in [0.05, 0.1) is 35.1 Å². The van der Waals surface area contributed by atoms with Gasteiger partial charge in [0.25, 0.3) is 0 Å². The van der Waals surface area contributed by atoms with Gasteiger partial charge in [-0.1, -0.05) is 0 Å². The summed E-state index contributed by atoms with van der Waals surface area (Å²) in [4.78, 5) is 40.9. The van der Waals surface area contributed by atoms with Crippen molar-refractivity contribution in [1.29, 1.82) is 0 Å². The molecule has 0 bridgehead atoms. The fraction of sp³-hybridized carbons (Fsp3) is 0.500. The molecule has 3 N–H and O–H groups in total. The van der Waals surface area contributed by atoms with Crippen molar-refractivity contribution in [3.63, 3.8) is 0 Å². The SMILES string of the molecule is CC(C)(N)c1cnc(OC2CN(C(=O)C3CC3)C2)c2cnc(Nc3ccc4c(n3)C3(CC3)C(C)(C)OC4=O)cc12. The Hall–Kier alpha value is -3.79. The molecule has 10 heteroatoms. The van der Waals surface area contributed by atoms with E-state index >= 15 is 0 Å². The number of aromatic nitrogens is 3. The third kappa shape index (κ3) is 3.99. The number of fused-ring (bicyclic) bond motifs is 3. The number of amides is 1. The molecule has 0 atom stereocenters. The van der Waals surface area contributed by atoms with Crippen LogP contribution in [-0.2, 0) is 20.5 Å². The van der Waals surface area contributed by atoms with Crippen LogP contribution in [0.4, 0.5) is 11.6 Å². The second-order valence-electron chi connectivity index (χ2n) is 12.8. The van der Waals surface area contributed by atoms with Gasteiger partial charge in [0.1, 0.15) is 23.3 Å². The van der Waals surface area contributed by atoms with Crippen LogP contribution in [-0.4, -0.2) is 56.5 Å². The van der Waals surface area contributed by atoms with Crippen molar-refractivity contribution in [3.05, 3.63) is 47.4 Å². The van der Waals surface area contributed by atoms with Crippen LogP contribution < -0.4 is 15.8 Å². The van der Waals surface area contributed by atoms with Crippen LogP contribution in [0.25, 0.3) is 10.8 Å². The highest BCUT2D eigenvalue weighted by Gasteiger charge is 2.63. The number of ether oxygens (including phenoxy) is 2. The van der Waals surface area contributed by atoms with Gasteiger partial charge in [-0.2, -0.15) is 0 Å². The molecular formula is C30H34N6O4. The van der Waals surface area contributed by atoms with Gasteiger partial charge < -0.3 is 25.4 Å². The van der Waals surface area contributed by atoms with Gasteiger partial charge in [-0.3, -0.25) is 4.79 Å². The minimum Gasteiger partial charge on any atom is -0.470 e. The minimum atomic E-state index is -0.652. The predicted octanol–water partition coefficient (Wildman–Crippen LogP) is 3.94. The summed E-state index contributed by atoms with van der Waals surface area (Å²) in [7, 11) is 0. The summed E-state index contributed by atoms with van der Waals surface area (Å²) in [5, 5.41) is 4.96. The molecule has 0 unspecified atom stereocenters. The van der Waals surface area contributed by atoms with Gasteiger partial charge in [-0.05, 0) is 82.5 Å². The zero-order valence-electron chi connectivity index (χ0n) is 23.3. The van der Waals surface area contributed by atoms with E-state index in [-0.39, 0.29) is 29.3 Å². The molecule has 3 aromatic heterocycles. The van der Waals surface area contributed by atoms with Gasteiger partial charge in [0, 0.05) is 23.9 Å². The first-order valence-corrected chi connectivity index (χ1v) is 14.0. The molecule has 1 amide bonds. The third-order valence-corrected chi connectivity index (χ3v) is 8.87. The lowest BCUT2D eigenvalue weighted by molar-refractivity contribution is -0.141. The summed E-state index contributed by atoms with van der Waals surface area (Å²) in [6.45, 7) is 8.95. The van der Waals surface area contributed by atoms with Crippen molar-refractivity contribution in [2.24, 2.45) is 11.7 Å². The van der Waals surface area contributed by atoms with Crippen LogP contribution in [0.15, 0.2) is 30.6 Å². The lowest BCUT2D eigenvalue weighted by Crippen LogP contribution is -2.56. The van der Waals surface area contributed by atoms with Gasteiger partial charge in [-0.15, -0.1) is 0 Å². The summed E-state index contributed by atoms with van der Waals surface area (Å²) in [5.41, 5.74) is 7.21. The molecule has 0 radical (unpaired) electrons. The Morgan fingerprint density at radius 2 is 1.88 bits per heavy atom. The van der Waals surface area contributed by atoms with Crippen molar-refractivity contribution < 1.29 is 19.1 Å². The number of carbonyl (C=O) groups excluding carboxylic acids is 2. The van der Waals surface area contributed by atoms with Crippen LogP contribution in [0.1, 0.15) is 75.0 Å². The summed E-state index contributed by atoms with van der Waals surface area (Å²) in [5.74, 6) is 1.79. The molecule has 7 rings (SSSR count). The maximum absolute atomic E-state index is 12.6. The highest BCUT2D eigenvalue weighted by atomic mass is 16.6. The first-order valence-electron chi connectivity index (χ1n) is 14.0. The number of cyclic esters (lactones) is 1. The van der Waals surface area contributed by atoms with E-state index in [4.69, 9.17) is 20.2 Å². The molecule has 40 heavy (non-hydrogen) atoms. The number of carbonyl (C=O) groups is 2. The Bertz CT molecular complexity index is 1560.